The van der Waals surface area contributed by atoms with Crippen LogP contribution in [0.5, 0.6) is 0 Å². The zero-order valence-electron chi connectivity index (χ0n) is 12.4. The first-order valence-electron chi connectivity index (χ1n) is 7.71. The zero-order valence-corrected chi connectivity index (χ0v) is 12.4. The maximum atomic E-state index is 3.32. The first-order chi connectivity index (χ1) is 9.28. The van der Waals surface area contributed by atoms with Crippen molar-refractivity contribution in [1.29, 1.82) is 0 Å². The number of nitrogens with zero attached hydrogens (tertiary/aromatic N) is 1. The van der Waals surface area contributed by atoms with Crippen molar-refractivity contribution in [2.45, 2.75) is 38.6 Å². The van der Waals surface area contributed by atoms with Crippen LogP contribution in [0.25, 0.3) is 0 Å². The standard InChI is InChI=1S/C17H28N2/c1-15(18-2)8-11-19-12-9-17(10-13-19)14-16-6-4-3-5-7-16/h3-7,15,17-18H,8-14H2,1-2H3. The summed E-state index contributed by atoms with van der Waals surface area (Å²) in [6.07, 6.45) is 5.26. The van der Waals surface area contributed by atoms with Gasteiger partial charge in [0.05, 0.1) is 0 Å². The monoisotopic (exact) mass is 260 g/mol. The van der Waals surface area contributed by atoms with Gasteiger partial charge in [0.25, 0.3) is 0 Å². The summed E-state index contributed by atoms with van der Waals surface area (Å²) < 4.78 is 0. The van der Waals surface area contributed by atoms with Crippen LogP contribution >= 0.6 is 0 Å². The molecule has 0 bridgehead atoms. The fourth-order valence-corrected chi connectivity index (χ4v) is 2.88. The molecule has 1 unspecified atom stereocenters. The fraction of sp³-hybridized carbons (Fsp3) is 0.647. The largest absolute Gasteiger partial charge is 0.317 e. The molecule has 2 rings (SSSR count). The van der Waals surface area contributed by atoms with E-state index < -0.39 is 0 Å². The molecule has 1 saturated heterocycles. The summed E-state index contributed by atoms with van der Waals surface area (Å²) in [6.45, 7) is 6.09. The minimum Gasteiger partial charge on any atom is -0.317 e. The molecule has 1 fully saturated rings. The second-order valence-electron chi connectivity index (χ2n) is 5.95. The lowest BCUT2D eigenvalue weighted by atomic mass is 9.90. The van der Waals surface area contributed by atoms with Gasteiger partial charge in [-0.2, -0.15) is 0 Å². The number of nitrogens with one attached hydrogen (secondary N) is 1. The van der Waals surface area contributed by atoms with Crippen LogP contribution in [0.1, 0.15) is 31.7 Å². The molecule has 0 aliphatic carbocycles. The highest BCUT2D eigenvalue weighted by atomic mass is 15.1. The van der Waals surface area contributed by atoms with Crippen molar-refractivity contribution < 1.29 is 0 Å². The summed E-state index contributed by atoms with van der Waals surface area (Å²) in [6, 6.07) is 11.6. The smallest absolute Gasteiger partial charge is 0.00479 e. The van der Waals surface area contributed by atoms with E-state index in [9.17, 15) is 0 Å². The van der Waals surface area contributed by atoms with E-state index in [1.807, 2.05) is 0 Å². The highest BCUT2D eigenvalue weighted by molar-refractivity contribution is 5.15. The third-order valence-corrected chi connectivity index (χ3v) is 4.45. The molecule has 1 atom stereocenters. The molecule has 0 aromatic heterocycles. The van der Waals surface area contributed by atoms with E-state index in [4.69, 9.17) is 0 Å². The second-order valence-corrected chi connectivity index (χ2v) is 5.95. The molecule has 1 aromatic carbocycles. The molecule has 0 spiro atoms. The lowest BCUT2D eigenvalue weighted by Crippen LogP contribution is -2.37. The predicted octanol–water partition coefficient (Wildman–Crippen LogP) is 2.94. The highest BCUT2D eigenvalue weighted by Crippen LogP contribution is 2.21. The third kappa shape index (κ3) is 4.96. The molecule has 2 heteroatoms. The molecule has 0 saturated carbocycles. The van der Waals surface area contributed by atoms with Gasteiger partial charge in [0.15, 0.2) is 0 Å². The minimum absolute atomic E-state index is 0.641. The average Bonchev–Trinajstić information content (AvgIpc) is 2.47. The van der Waals surface area contributed by atoms with Gasteiger partial charge in [-0.05, 0) is 70.8 Å². The Kier molecular flexibility index (Phi) is 5.87. The van der Waals surface area contributed by atoms with Crippen molar-refractivity contribution in [1.82, 2.24) is 10.2 Å². The number of likely N-dealkylation sites (tertiary alicyclic amines) is 1. The van der Waals surface area contributed by atoms with Gasteiger partial charge >= 0.3 is 0 Å². The first-order valence-corrected chi connectivity index (χ1v) is 7.71. The van der Waals surface area contributed by atoms with Gasteiger partial charge in [-0.25, -0.2) is 0 Å². The first kappa shape index (κ1) is 14.5. The topological polar surface area (TPSA) is 15.3 Å². The Morgan fingerprint density at radius 2 is 1.89 bits per heavy atom. The number of hydrogen-bond acceptors (Lipinski definition) is 2. The van der Waals surface area contributed by atoms with Crippen LogP contribution < -0.4 is 5.32 Å². The van der Waals surface area contributed by atoms with Crippen LogP contribution in [0.3, 0.4) is 0 Å². The summed E-state index contributed by atoms with van der Waals surface area (Å²) in [5.41, 5.74) is 1.50. The van der Waals surface area contributed by atoms with Crippen LogP contribution in [0.15, 0.2) is 30.3 Å². The van der Waals surface area contributed by atoms with Gasteiger partial charge in [-0.3, -0.25) is 0 Å². The Bertz CT molecular complexity index is 342. The molecule has 19 heavy (non-hydrogen) atoms. The summed E-state index contributed by atoms with van der Waals surface area (Å²) in [7, 11) is 2.05. The zero-order chi connectivity index (χ0) is 13.5. The van der Waals surface area contributed by atoms with Crippen LogP contribution in [0, 0.1) is 5.92 Å². The van der Waals surface area contributed by atoms with E-state index in [-0.39, 0.29) is 0 Å². The van der Waals surface area contributed by atoms with Gasteiger partial charge in [-0.15, -0.1) is 0 Å². The molecule has 106 valence electrons. The normalized spacial score (nSPS) is 19.5. The molecular weight excluding hydrogens is 232 g/mol. The van der Waals surface area contributed by atoms with Crippen molar-refractivity contribution >= 4 is 0 Å². The van der Waals surface area contributed by atoms with Crippen molar-refractivity contribution in [2.24, 2.45) is 5.92 Å². The Morgan fingerprint density at radius 1 is 1.21 bits per heavy atom. The lowest BCUT2D eigenvalue weighted by molar-refractivity contribution is 0.178. The summed E-state index contributed by atoms with van der Waals surface area (Å²) in [5.74, 6) is 0.889. The van der Waals surface area contributed by atoms with E-state index >= 15 is 0 Å². The number of benzene rings is 1. The SMILES string of the molecule is CNC(C)CCN1CCC(Cc2ccccc2)CC1. The molecule has 1 aliphatic heterocycles. The van der Waals surface area contributed by atoms with Crippen LogP contribution in [-0.4, -0.2) is 37.6 Å². The van der Waals surface area contributed by atoms with Gasteiger partial charge in [0, 0.05) is 6.04 Å². The van der Waals surface area contributed by atoms with Crippen molar-refractivity contribution in [3.63, 3.8) is 0 Å². The van der Waals surface area contributed by atoms with E-state index in [1.54, 1.807) is 0 Å². The van der Waals surface area contributed by atoms with Crippen molar-refractivity contribution in [3.8, 4) is 0 Å². The second kappa shape index (κ2) is 7.66. The quantitative estimate of drug-likeness (QED) is 0.846. The average molecular weight is 260 g/mol. The lowest BCUT2D eigenvalue weighted by Gasteiger charge is -2.32. The number of piperidine rings is 1. The third-order valence-electron chi connectivity index (χ3n) is 4.45. The van der Waals surface area contributed by atoms with Gasteiger partial charge in [0.1, 0.15) is 0 Å². The predicted molar refractivity (Wildman–Crippen MR) is 82.4 cm³/mol. The Labute approximate surface area is 118 Å². The highest BCUT2D eigenvalue weighted by Gasteiger charge is 2.19. The molecule has 1 aromatic rings. The fourth-order valence-electron chi connectivity index (χ4n) is 2.88. The van der Waals surface area contributed by atoms with Crippen LogP contribution in [0.2, 0.25) is 0 Å². The number of rotatable bonds is 6. The maximum Gasteiger partial charge on any atom is 0.00479 e. The maximum absolute atomic E-state index is 3.32. The minimum atomic E-state index is 0.641. The molecule has 1 aliphatic rings. The van der Waals surface area contributed by atoms with E-state index in [0.29, 0.717) is 6.04 Å². The van der Waals surface area contributed by atoms with E-state index in [2.05, 4.69) is 54.5 Å². The van der Waals surface area contributed by atoms with Crippen LogP contribution in [-0.2, 0) is 6.42 Å². The molecule has 0 amide bonds. The van der Waals surface area contributed by atoms with Crippen molar-refractivity contribution in [3.05, 3.63) is 35.9 Å². The summed E-state index contributed by atoms with van der Waals surface area (Å²) >= 11 is 0. The van der Waals surface area contributed by atoms with E-state index in [0.717, 1.165) is 5.92 Å². The molecule has 1 N–H and O–H groups in total. The van der Waals surface area contributed by atoms with Crippen LogP contribution in [0.4, 0.5) is 0 Å². The van der Waals surface area contributed by atoms with Gasteiger partial charge in [-0.1, -0.05) is 30.3 Å². The summed E-state index contributed by atoms with van der Waals surface area (Å²) in [4.78, 5) is 2.63. The van der Waals surface area contributed by atoms with Crippen molar-refractivity contribution in [2.75, 3.05) is 26.7 Å². The van der Waals surface area contributed by atoms with Gasteiger partial charge in [0.2, 0.25) is 0 Å². The Balaban J connectivity index is 1.68. The summed E-state index contributed by atoms with van der Waals surface area (Å²) in [5, 5.41) is 3.32. The molecule has 1 heterocycles. The molecule has 2 nitrogen and oxygen atoms in total. The Hall–Kier alpha value is -0.860. The molecule has 0 radical (unpaired) electrons. The van der Waals surface area contributed by atoms with E-state index in [1.165, 1.54) is 50.9 Å². The number of hydrogen-bond donors (Lipinski definition) is 1. The molecular formula is C17H28N2. The Morgan fingerprint density at radius 3 is 2.53 bits per heavy atom. The van der Waals surface area contributed by atoms with Gasteiger partial charge < -0.3 is 10.2 Å².